The lowest BCUT2D eigenvalue weighted by molar-refractivity contribution is -0.122. The van der Waals surface area contributed by atoms with E-state index in [4.69, 9.17) is 0 Å². The van der Waals surface area contributed by atoms with E-state index in [1.165, 1.54) is 6.33 Å². The second kappa shape index (κ2) is 7.08. The van der Waals surface area contributed by atoms with Crippen LogP contribution < -0.4 is 10.6 Å². The van der Waals surface area contributed by atoms with Crippen LogP contribution in [0, 0.1) is 0 Å². The Labute approximate surface area is 140 Å². The Morgan fingerprint density at radius 2 is 2.00 bits per heavy atom. The van der Waals surface area contributed by atoms with Crippen LogP contribution in [0.4, 0.5) is 5.82 Å². The SMILES string of the molecule is C[C@H](C(=O)NCCNc1ncnc2c1cnn2C)c1ccccc1. The number of benzene rings is 1. The molecular weight excluding hydrogens is 304 g/mol. The molecule has 1 amide bonds. The average Bonchev–Trinajstić information content (AvgIpc) is 3.00. The summed E-state index contributed by atoms with van der Waals surface area (Å²) < 4.78 is 1.70. The van der Waals surface area contributed by atoms with Crippen molar-refractivity contribution in [3.05, 3.63) is 48.4 Å². The van der Waals surface area contributed by atoms with E-state index >= 15 is 0 Å². The standard InChI is InChI=1S/C17H20N6O/c1-12(13-6-4-3-5-7-13)17(24)19-9-8-18-15-14-10-22-23(2)16(14)21-11-20-15/h3-7,10-12H,8-9H2,1-2H3,(H,19,24)(H,18,20,21)/t12-/m0/s1. The normalized spacial score (nSPS) is 12.1. The van der Waals surface area contributed by atoms with Crippen LogP contribution in [0.5, 0.6) is 0 Å². The Kier molecular flexibility index (Phi) is 4.69. The van der Waals surface area contributed by atoms with Gasteiger partial charge in [0.2, 0.25) is 5.91 Å². The first-order chi connectivity index (χ1) is 11.7. The zero-order valence-electron chi connectivity index (χ0n) is 13.7. The molecule has 0 saturated carbocycles. The number of carbonyl (C=O) groups excluding carboxylic acids is 1. The Hall–Kier alpha value is -2.96. The molecule has 24 heavy (non-hydrogen) atoms. The van der Waals surface area contributed by atoms with Crippen molar-refractivity contribution in [3.8, 4) is 0 Å². The number of aryl methyl sites for hydroxylation is 1. The number of nitrogens with one attached hydrogen (secondary N) is 2. The number of amides is 1. The molecule has 0 aliphatic carbocycles. The molecule has 0 aliphatic rings. The van der Waals surface area contributed by atoms with Gasteiger partial charge in [0.15, 0.2) is 5.65 Å². The Bertz CT molecular complexity index is 829. The molecule has 0 spiro atoms. The van der Waals surface area contributed by atoms with Gasteiger partial charge in [-0.2, -0.15) is 5.10 Å². The summed E-state index contributed by atoms with van der Waals surface area (Å²) in [5, 5.41) is 11.2. The molecule has 0 unspecified atom stereocenters. The van der Waals surface area contributed by atoms with Crippen molar-refractivity contribution < 1.29 is 4.79 Å². The summed E-state index contributed by atoms with van der Waals surface area (Å²) in [6, 6.07) is 9.74. The number of anilines is 1. The Balaban J connectivity index is 1.52. The van der Waals surface area contributed by atoms with Crippen LogP contribution in [-0.4, -0.2) is 38.7 Å². The van der Waals surface area contributed by atoms with Gasteiger partial charge in [-0.3, -0.25) is 9.48 Å². The fourth-order valence-corrected chi connectivity index (χ4v) is 2.52. The van der Waals surface area contributed by atoms with E-state index in [2.05, 4.69) is 25.7 Å². The minimum Gasteiger partial charge on any atom is -0.368 e. The number of fused-ring (bicyclic) bond motifs is 1. The van der Waals surface area contributed by atoms with Gasteiger partial charge in [0.05, 0.1) is 17.5 Å². The van der Waals surface area contributed by atoms with E-state index in [9.17, 15) is 4.79 Å². The molecule has 0 bridgehead atoms. The smallest absolute Gasteiger partial charge is 0.227 e. The fourth-order valence-electron chi connectivity index (χ4n) is 2.52. The maximum Gasteiger partial charge on any atom is 0.227 e. The molecule has 7 heteroatoms. The van der Waals surface area contributed by atoms with E-state index < -0.39 is 0 Å². The van der Waals surface area contributed by atoms with Crippen LogP contribution in [0.25, 0.3) is 11.0 Å². The maximum atomic E-state index is 12.2. The third-order valence-electron chi connectivity index (χ3n) is 3.94. The van der Waals surface area contributed by atoms with Gasteiger partial charge in [0.1, 0.15) is 12.1 Å². The largest absolute Gasteiger partial charge is 0.368 e. The molecular formula is C17H20N6O. The van der Waals surface area contributed by atoms with E-state index in [1.807, 2.05) is 44.3 Å². The summed E-state index contributed by atoms with van der Waals surface area (Å²) in [5.74, 6) is 0.561. The predicted molar refractivity (Wildman–Crippen MR) is 92.7 cm³/mol. The molecule has 3 aromatic rings. The van der Waals surface area contributed by atoms with Crippen LogP contribution in [0.2, 0.25) is 0 Å². The van der Waals surface area contributed by atoms with Gasteiger partial charge < -0.3 is 10.6 Å². The van der Waals surface area contributed by atoms with Crippen molar-refractivity contribution in [1.82, 2.24) is 25.1 Å². The molecule has 0 radical (unpaired) electrons. The van der Waals surface area contributed by atoms with Crippen molar-refractivity contribution in [1.29, 1.82) is 0 Å². The van der Waals surface area contributed by atoms with Crippen LogP contribution in [0.3, 0.4) is 0 Å². The lowest BCUT2D eigenvalue weighted by atomic mass is 10.0. The fraction of sp³-hybridized carbons (Fsp3) is 0.294. The van der Waals surface area contributed by atoms with Crippen molar-refractivity contribution in [2.24, 2.45) is 7.05 Å². The minimum absolute atomic E-state index is 0.0113. The summed E-state index contributed by atoms with van der Waals surface area (Å²) in [4.78, 5) is 20.6. The predicted octanol–water partition coefficient (Wildman–Crippen LogP) is 1.70. The third kappa shape index (κ3) is 3.34. The first kappa shape index (κ1) is 15.9. The summed E-state index contributed by atoms with van der Waals surface area (Å²) in [7, 11) is 1.84. The number of rotatable bonds is 6. The van der Waals surface area contributed by atoms with Gasteiger partial charge in [-0.15, -0.1) is 0 Å². The van der Waals surface area contributed by atoms with E-state index in [-0.39, 0.29) is 11.8 Å². The van der Waals surface area contributed by atoms with Crippen molar-refractivity contribution >= 4 is 22.8 Å². The average molecular weight is 324 g/mol. The highest BCUT2D eigenvalue weighted by Gasteiger charge is 2.14. The number of aromatic nitrogens is 4. The van der Waals surface area contributed by atoms with Gasteiger partial charge in [0, 0.05) is 20.1 Å². The monoisotopic (exact) mass is 324 g/mol. The molecule has 124 valence electrons. The summed E-state index contributed by atoms with van der Waals surface area (Å²) in [6.07, 6.45) is 3.23. The molecule has 1 aromatic carbocycles. The first-order valence-electron chi connectivity index (χ1n) is 7.86. The van der Waals surface area contributed by atoms with Crippen LogP contribution in [0.1, 0.15) is 18.4 Å². The van der Waals surface area contributed by atoms with Gasteiger partial charge in [0.25, 0.3) is 0 Å². The molecule has 0 saturated heterocycles. The van der Waals surface area contributed by atoms with Gasteiger partial charge in [-0.25, -0.2) is 9.97 Å². The Morgan fingerprint density at radius 1 is 1.21 bits per heavy atom. The quantitative estimate of drug-likeness (QED) is 0.674. The number of hydrogen-bond donors (Lipinski definition) is 2. The molecule has 3 rings (SSSR count). The Morgan fingerprint density at radius 3 is 2.79 bits per heavy atom. The number of carbonyl (C=O) groups is 1. The zero-order chi connectivity index (χ0) is 16.9. The molecule has 7 nitrogen and oxygen atoms in total. The molecule has 1 atom stereocenters. The van der Waals surface area contributed by atoms with E-state index in [0.29, 0.717) is 13.1 Å². The topological polar surface area (TPSA) is 84.7 Å². The summed E-state index contributed by atoms with van der Waals surface area (Å²) >= 11 is 0. The van der Waals surface area contributed by atoms with Crippen LogP contribution >= 0.6 is 0 Å². The highest BCUT2D eigenvalue weighted by Crippen LogP contribution is 2.17. The summed E-state index contributed by atoms with van der Waals surface area (Å²) in [5.41, 5.74) is 1.78. The third-order valence-corrected chi connectivity index (χ3v) is 3.94. The summed E-state index contributed by atoms with van der Waals surface area (Å²) in [6.45, 7) is 3.00. The second-order valence-corrected chi connectivity index (χ2v) is 5.58. The highest BCUT2D eigenvalue weighted by molar-refractivity contribution is 5.86. The molecule has 0 fully saturated rings. The molecule has 2 aromatic heterocycles. The van der Waals surface area contributed by atoms with E-state index in [0.717, 1.165) is 22.4 Å². The van der Waals surface area contributed by atoms with Crippen molar-refractivity contribution in [3.63, 3.8) is 0 Å². The minimum atomic E-state index is -0.171. The molecule has 2 heterocycles. The molecule has 0 aliphatic heterocycles. The first-order valence-corrected chi connectivity index (χ1v) is 7.86. The zero-order valence-corrected chi connectivity index (χ0v) is 13.7. The second-order valence-electron chi connectivity index (χ2n) is 5.58. The number of hydrogen-bond acceptors (Lipinski definition) is 5. The van der Waals surface area contributed by atoms with E-state index in [1.54, 1.807) is 10.9 Å². The lowest BCUT2D eigenvalue weighted by Gasteiger charge is -2.13. The highest BCUT2D eigenvalue weighted by atomic mass is 16.1. The van der Waals surface area contributed by atoms with Gasteiger partial charge in [-0.05, 0) is 12.5 Å². The van der Waals surface area contributed by atoms with Crippen molar-refractivity contribution in [2.45, 2.75) is 12.8 Å². The van der Waals surface area contributed by atoms with Crippen LogP contribution in [0.15, 0.2) is 42.9 Å². The molecule has 2 N–H and O–H groups in total. The maximum absolute atomic E-state index is 12.2. The van der Waals surface area contributed by atoms with Gasteiger partial charge in [-0.1, -0.05) is 30.3 Å². The lowest BCUT2D eigenvalue weighted by Crippen LogP contribution is -2.32. The number of nitrogens with zero attached hydrogens (tertiary/aromatic N) is 4. The van der Waals surface area contributed by atoms with Gasteiger partial charge >= 0.3 is 0 Å². The van der Waals surface area contributed by atoms with Crippen molar-refractivity contribution in [2.75, 3.05) is 18.4 Å². The van der Waals surface area contributed by atoms with Crippen LogP contribution in [-0.2, 0) is 11.8 Å².